The van der Waals surface area contributed by atoms with Gasteiger partial charge in [-0.25, -0.2) is 0 Å². The average molecular weight is 1460 g/mol. The normalized spacial score (nSPS) is 38.8. The molecular formula is C69H113NaO31. The number of aliphatic hydroxyl groups excluding tert-OH is 6. The van der Waals surface area contributed by atoms with Crippen molar-refractivity contribution < 1.29 is 179 Å². The molecule has 0 aromatic heterocycles. The largest absolute Gasteiger partial charge is 1.00 e. The van der Waals surface area contributed by atoms with Crippen LogP contribution in [0.2, 0.25) is 0 Å². The Labute approximate surface area is 614 Å². The van der Waals surface area contributed by atoms with Gasteiger partial charge in [0.05, 0.1) is 33.0 Å². The summed E-state index contributed by atoms with van der Waals surface area (Å²) in [4.78, 5) is 10.7. The quantitative estimate of drug-likeness (QED) is 0.117. The molecule has 7 N–H and O–H groups in total. The third-order valence-electron chi connectivity index (χ3n) is 17.9. The van der Waals surface area contributed by atoms with Crippen LogP contribution >= 0.6 is 0 Å². The minimum Gasteiger partial charge on any atom is -0.870 e. The third kappa shape index (κ3) is 21.2. The molecule has 32 heteroatoms. The van der Waals surface area contributed by atoms with Gasteiger partial charge in [0.2, 0.25) is 0 Å². The summed E-state index contributed by atoms with van der Waals surface area (Å²) in [5, 5.41) is 57.1. The molecule has 0 spiro atoms. The van der Waals surface area contributed by atoms with E-state index in [1.807, 2.05) is 41.5 Å². The van der Waals surface area contributed by atoms with Crippen LogP contribution < -0.4 is 29.6 Å². The number of carbonyl (C=O) groups is 1. The van der Waals surface area contributed by atoms with Gasteiger partial charge in [0, 0.05) is 35.5 Å². The minimum absolute atomic E-state index is 0. The average Bonchev–Trinajstić information content (AvgIpc) is 1.62. The van der Waals surface area contributed by atoms with Gasteiger partial charge in [-0.2, -0.15) is 0 Å². The number of hydrogen-bond donors (Lipinski definition) is 6. The zero-order valence-corrected chi connectivity index (χ0v) is 64.6. The van der Waals surface area contributed by atoms with Gasteiger partial charge in [0.1, 0.15) is 109 Å². The molecular weight excluding hydrogens is 1350 g/mol. The van der Waals surface area contributed by atoms with Crippen molar-refractivity contribution in [1.82, 2.24) is 0 Å². The summed E-state index contributed by atoms with van der Waals surface area (Å²) in [6.45, 7) is 29.9. The first-order valence-electron chi connectivity index (χ1n) is 33.8. The summed E-state index contributed by atoms with van der Waals surface area (Å²) in [6, 6.07) is 15.3. The molecule has 2 aromatic carbocycles. The Balaban J connectivity index is 0.000000190. The first kappa shape index (κ1) is 88.1. The molecule has 14 rings (SSSR count). The van der Waals surface area contributed by atoms with Gasteiger partial charge in [0.15, 0.2) is 78.2 Å². The van der Waals surface area contributed by atoms with Crippen LogP contribution in [-0.4, -0.2) is 292 Å². The number of aliphatic hydroxyl groups is 6. The van der Waals surface area contributed by atoms with Gasteiger partial charge >= 0.3 is 29.6 Å². The molecule has 0 bridgehead atoms. The number of methoxy groups -OCH3 is 4. The number of hydrogen-bond acceptors (Lipinski definition) is 31. The van der Waals surface area contributed by atoms with Crippen molar-refractivity contribution in [2.75, 3.05) is 68.6 Å². The fourth-order valence-electron chi connectivity index (χ4n) is 13.9. The molecule has 12 fully saturated rings. The van der Waals surface area contributed by atoms with Crippen LogP contribution in [0.5, 0.6) is 0 Å². The van der Waals surface area contributed by atoms with Gasteiger partial charge in [-0.3, -0.25) is 0 Å². The van der Waals surface area contributed by atoms with E-state index in [9.17, 15) is 25.2 Å². The molecule has 4 unspecified atom stereocenters. The molecule has 12 saturated heterocycles. The second-order valence-corrected chi connectivity index (χ2v) is 29.4. The first-order valence-corrected chi connectivity index (χ1v) is 33.8. The van der Waals surface area contributed by atoms with Crippen LogP contribution in [-0.2, 0) is 120 Å². The predicted octanol–water partition coefficient (Wildman–Crippen LogP) is 0.419. The molecule has 576 valence electrons. The fraction of sp³-hybridized carbons (Fsp3) is 0.841. The fourth-order valence-corrected chi connectivity index (χ4v) is 13.9. The van der Waals surface area contributed by atoms with Crippen molar-refractivity contribution in [1.29, 1.82) is 0 Å². The standard InChI is InChI=1S/C14H16.C13H22O6.C12H20O6.2C10H18O6.C9H14O5.CH4O.Na.H2O/c1-11(2)9-12-7-8-13-5-3-4-6-14(13)10-12;1-12(2)15-6-7(17-12)8-9(14-5)10-11(16-8)19-13(3,4)18-10;1-11(2)14-5-6(16-11)8-7(13)9-10(15-8)18-12(3,4)17-9;1-9(2)14-6-7(13-3)10(4-11,5-12)16-8(6)15-9;1-10(2)15-8-7(13-3)6(5(12)4-11)14-9(8)16-10;1-9(2)13-7-6(11-3)5(4-10)12-8(7)14-9;1-2;;/h3-8,10-11H,9H2,1-2H3;7-11H,6H2,1-5H3;6-10,13H,5H2,1-4H3;6-8,11-12H,4-5H2,1-3H3;5-9,11-12H,4H2,1-3H3;4-8H,1-3H3;2H,1H3;;1H2/q;;;;;;;+1;/p-1/t;7?,8-,9-,10-,11-;6?,7-,8-,9-,10-;6-,7+,8+;5?,6-,7-,8-,9-;5?,6-,7-,8-;;;/m.11111.../s1. The van der Waals surface area contributed by atoms with E-state index in [-0.39, 0.29) is 104 Å². The molecule has 12 aliphatic heterocycles. The van der Waals surface area contributed by atoms with Crippen LogP contribution in [0.4, 0.5) is 0 Å². The molecule has 12 heterocycles. The number of rotatable bonds is 13. The van der Waals surface area contributed by atoms with Gasteiger partial charge in [0.25, 0.3) is 0 Å². The smallest absolute Gasteiger partial charge is 0.870 e. The molecule has 0 radical (unpaired) electrons. The Bertz CT molecular complexity index is 2860. The molecule has 22 atom stereocenters. The number of benzene rings is 2. The van der Waals surface area contributed by atoms with Crippen molar-refractivity contribution in [2.24, 2.45) is 5.92 Å². The summed E-state index contributed by atoms with van der Waals surface area (Å²) in [6.07, 6.45) is -8.23. The van der Waals surface area contributed by atoms with Crippen molar-refractivity contribution >= 4 is 17.1 Å². The van der Waals surface area contributed by atoms with Crippen LogP contribution in [0.3, 0.4) is 0 Å². The zero-order chi connectivity index (χ0) is 73.2. The Kier molecular flexibility index (Phi) is 31.1. The van der Waals surface area contributed by atoms with Crippen molar-refractivity contribution in [2.45, 2.75) is 299 Å². The maximum atomic E-state index is 10.7. The summed E-state index contributed by atoms with van der Waals surface area (Å²) in [5.74, 6) is -3.94. The van der Waals surface area contributed by atoms with Crippen LogP contribution in [0.15, 0.2) is 42.5 Å². The van der Waals surface area contributed by atoms with E-state index < -0.39 is 132 Å². The monoisotopic (exact) mass is 1460 g/mol. The summed E-state index contributed by atoms with van der Waals surface area (Å²) < 4.78 is 128. The van der Waals surface area contributed by atoms with E-state index >= 15 is 0 Å². The Morgan fingerprint density at radius 3 is 1.36 bits per heavy atom. The van der Waals surface area contributed by atoms with Gasteiger partial charge in [-0.05, 0) is 126 Å². The second-order valence-electron chi connectivity index (χ2n) is 29.4. The van der Waals surface area contributed by atoms with Crippen LogP contribution in [0, 0.1) is 5.92 Å². The van der Waals surface area contributed by atoms with Gasteiger partial charge in [-0.1, -0.05) is 56.3 Å². The molecule has 0 saturated carbocycles. The van der Waals surface area contributed by atoms with Crippen molar-refractivity contribution in [3.63, 3.8) is 0 Å². The second kappa shape index (κ2) is 35.7. The Hall–Kier alpha value is -1.83. The van der Waals surface area contributed by atoms with Gasteiger partial charge < -0.3 is 150 Å². The summed E-state index contributed by atoms with van der Waals surface area (Å²) in [5.41, 5.74) is 0.291. The molecule has 0 amide bonds. The van der Waals surface area contributed by atoms with Crippen LogP contribution in [0.25, 0.3) is 10.8 Å². The topological polar surface area (TPSA) is 381 Å². The Morgan fingerprint density at radius 1 is 0.485 bits per heavy atom. The molecule has 0 aliphatic carbocycles. The summed E-state index contributed by atoms with van der Waals surface area (Å²) >= 11 is 0. The number of ether oxygens (including phenoxy) is 23. The summed E-state index contributed by atoms with van der Waals surface area (Å²) in [7, 11) is 7.19. The number of carbonyl (C=O) groups excluding carboxylic acids is 1. The first-order chi connectivity index (χ1) is 46.4. The van der Waals surface area contributed by atoms with Gasteiger partial charge in [-0.15, -0.1) is 0 Å². The maximum Gasteiger partial charge on any atom is 1.00 e. The third-order valence-corrected chi connectivity index (χ3v) is 17.9. The molecule has 31 nitrogen and oxygen atoms in total. The SMILES string of the molecule is CC(C)Cc1ccc2ccccc2c1.CC1(C)OCC([C@H]2O[C@@H]3OC(C)(C)O[C@@H]3[C@@H]2O)O1.CO.CO[C@@H]1C(C=O)O[C@@H]2OC(C)(C)O[C@@H]21.CO[C@H]1[C@H]2OC(C)(C)O[C@H]2OC1(CO)CO.CO[C@H]1[C@H]2OC(C)(C)O[C@H]2O[C@@H]1C(O)CO.CO[C@H]1[C@H]2OC(C)(C)O[C@H]2O[C@@H]1C1COC(C)(C)O1.[Na+].[OH-]. The van der Waals surface area contributed by atoms with E-state index in [1.54, 1.807) is 62.5 Å². The Morgan fingerprint density at radius 2 is 0.911 bits per heavy atom. The molecule has 12 aliphatic rings. The van der Waals surface area contributed by atoms with Crippen LogP contribution in [0.1, 0.15) is 116 Å². The maximum absolute atomic E-state index is 10.7. The minimum atomic E-state index is -1.15. The zero-order valence-electron chi connectivity index (χ0n) is 62.6. The van der Waals surface area contributed by atoms with Crippen molar-refractivity contribution in [3.8, 4) is 0 Å². The molecule has 101 heavy (non-hydrogen) atoms. The number of fused-ring (bicyclic) bond motifs is 6. The van der Waals surface area contributed by atoms with E-state index in [2.05, 4.69) is 56.3 Å². The van der Waals surface area contributed by atoms with Crippen molar-refractivity contribution in [3.05, 3.63) is 48.0 Å². The van der Waals surface area contributed by atoms with E-state index in [0.717, 1.165) is 13.0 Å². The number of aldehydes is 1. The van der Waals surface area contributed by atoms with E-state index in [4.69, 9.17) is 119 Å². The van der Waals surface area contributed by atoms with E-state index in [1.165, 1.54) is 44.1 Å². The predicted molar refractivity (Wildman–Crippen MR) is 347 cm³/mol. The van der Waals surface area contributed by atoms with E-state index in [0.29, 0.717) is 19.5 Å². The molecule has 2 aromatic rings.